The Morgan fingerprint density at radius 1 is 1.22 bits per heavy atom. The molecular weight excluding hydrogens is 362 g/mol. The number of benzene rings is 1. The normalized spacial score (nSPS) is 23.3. The molecule has 5 nitrogen and oxygen atoms in total. The number of anilines is 1. The van der Waals surface area contributed by atoms with E-state index in [0.717, 1.165) is 41.5 Å². The largest absolute Gasteiger partial charge is 0.396 e. The number of fused-ring (bicyclic) bond motifs is 1. The van der Waals surface area contributed by atoms with Crippen molar-refractivity contribution in [2.24, 2.45) is 0 Å². The van der Waals surface area contributed by atoms with Crippen LogP contribution in [0.4, 0.5) is 5.82 Å². The summed E-state index contributed by atoms with van der Waals surface area (Å²) in [5, 5.41) is 17.4. The molecule has 1 unspecified atom stereocenters. The number of halogens is 1. The van der Waals surface area contributed by atoms with Gasteiger partial charge in [-0.05, 0) is 49.6 Å². The number of aliphatic hydroxyl groups is 1. The summed E-state index contributed by atoms with van der Waals surface area (Å²) in [6, 6.07) is 7.89. The van der Waals surface area contributed by atoms with Crippen molar-refractivity contribution in [3.8, 4) is 5.69 Å². The van der Waals surface area contributed by atoms with E-state index in [1.807, 2.05) is 28.9 Å². The second-order valence-corrected chi connectivity index (χ2v) is 7.26. The second-order valence-electron chi connectivity index (χ2n) is 6.82. The average Bonchev–Trinajstić information content (AvgIpc) is 3.00. The molecule has 0 radical (unpaired) electrons. The number of nitrogens with zero attached hydrogens (tertiary/aromatic N) is 3. The van der Waals surface area contributed by atoms with E-state index in [0.29, 0.717) is 24.7 Å². The van der Waals surface area contributed by atoms with E-state index < -0.39 is 0 Å². The van der Waals surface area contributed by atoms with Crippen LogP contribution in [-0.4, -0.2) is 47.3 Å². The van der Waals surface area contributed by atoms with E-state index in [9.17, 15) is 5.11 Å². The van der Waals surface area contributed by atoms with E-state index in [-0.39, 0.29) is 12.6 Å². The number of ether oxygens (including phenoxy) is 1. The number of aliphatic hydroxyl groups excluding tert-OH is 1. The van der Waals surface area contributed by atoms with Crippen molar-refractivity contribution in [1.82, 2.24) is 9.78 Å². The summed E-state index contributed by atoms with van der Waals surface area (Å²) in [4.78, 5) is 2.28. The molecule has 6 heteroatoms. The van der Waals surface area contributed by atoms with Gasteiger partial charge >= 0.3 is 0 Å². The zero-order valence-corrected chi connectivity index (χ0v) is 16.0. The topological polar surface area (TPSA) is 50.5 Å². The van der Waals surface area contributed by atoms with Crippen LogP contribution in [0, 0.1) is 0 Å². The van der Waals surface area contributed by atoms with Gasteiger partial charge in [-0.3, -0.25) is 0 Å². The first-order valence-corrected chi connectivity index (χ1v) is 9.83. The van der Waals surface area contributed by atoms with Gasteiger partial charge < -0.3 is 14.7 Å². The van der Waals surface area contributed by atoms with E-state index in [2.05, 4.69) is 29.2 Å². The Balaban J connectivity index is 1.88. The van der Waals surface area contributed by atoms with Gasteiger partial charge in [0.2, 0.25) is 0 Å². The van der Waals surface area contributed by atoms with Crippen LogP contribution in [0.15, 0.2) is 36.4 Å². The Hall–Kier alpha value is -2.08. The monoisotopic (exact) mass is 385 g/mol. The molecular formula is C21H24ClN3O2. The van der Waals surface area contributed by atoms with Gasteiger partial charge in [0.1, 0.15) is 0 Å². The molecule has 1 atom stereocenters. The molecule has 0 spiro atoms. The number of allylic oxidation sites excluding steroid dienone is 2. The summed E-state index contributed by atoms with van der Waals surface area (Å²) in [5.74, 6) is 0.949. The summed E-state index contributed by atoms with van der Waals surface area (Å²) in [6.07, 6.45) is 11.4. The van der Waals surface area contributed by atoms with Gasteiger partial charge in [0.25, 0.3) is 0 Å². The Morgan fingerprint density at radius 3 is 2.89 bits per heavy atom. The van der Waals surface area contributed by atoms with Crippen molar-refractivity contribution in [2.75, 3.05) is 31.3 Å². The minimum Gasteiger partial charge on any atom is -0.396 e. The van der Waals surface area contributed by atoms with Gasteiger partial charge in [-0.1, -0.05) is 29.8 Å². The van der Waals surface area contributed by atoms with E-state index in [1.54, 1.807) is 0 Å². The van der Waals surface area contributed by atoms with Gasteiger partial charge in [0.05, 0.1) is 30.3 Å². The number of hydrogen-bond donors (Lipinski definition) is 1. The zero-order valence-electron chi connectivity index (χ0n) is 15.2. The Kier molecular flexibility index (Phi) is 5.62. The molecule has 0 bridgehead atoms. The Bertz CT molecular complexity index is 932. The van der Waals surface area contributed by atoms with Crippen LogP contribution in [0.3, 0.4) is 0 Å². The second kappa shape index (κ2) is 8.30. The molecule has 2 aliphatic rings. The highest BCUT2D eigenvalue weighted by Crippen LogP contribution is 2.18. The standard InChI is InChI=1S/C21H24ClN3O2/c22-16-7-9-17(10-8-16)25-20-6-4-2-1-3-5-19(20)21(23-25)24-12-14-27-15-18(24)11-13-26/h1,3,5-10,18,26H,2,4,11-15H2/b3-1-,19-5+,20-6-. The van der Waals surface area contributed by atoms with E-state index in [1.165, 1.54) is 0 Å². The highest BCUT2D eigenvalue weighted by Gasteiger charge is 2.26. The average molecular weight is 386 g/mol. The third-order valence-corrected chi connectivity index (χ3v) is 5.29. The van der Waals surface area contributed by atoms with E-state index >= 15 is 0 Å². The fraction of sp³-hybridized carbons (Fsp3) is 0.381. The van der Waals surface area contributed by atoms with Gasteiger partial charge in [0, 0.05) is 23.4 Å². The molecule has 1 saturated heterocycles. The fourth-order valence-electron chi connectivity index (χ4n) is 3.68. The molecule has 0 saturated carbocycles. The molecule has 4 rings (SSSR count). The molecule has 1 N–H and O–H groups in total. The molecule has 0 amide bonds. The maximum absolute atomic E-state index is 9.47. The van der Waals surface area contributed by atoms with Crippen LogP contribution in [0.1, 0.15) is 19.3 Å². The predicted molar refractivity (Wildman–Crippen MR) is 109 cm³/mol. The molecule has 27 heavy (non-hydrogen) atoms. The SMILES string of the molecule is OCCC1COCCN1c1nn(-c2ccc(Cl)cc2)c2/c1=C\C=C/CC/C=2. The van der Waals surface area contributed by atoms with Crippen molar-refractivity contribution in [2.45, 2.75) is 25.3 Å². The lowest BCUT2D eigenvalue weighted by Crippen LogP contribution is -2.48. The smallest absolute Gasteiger partial charge is 0.159 e. The molecule has 2 aromatic rings. The zero-order chi connectivity index (χ0) is 18.6. The number of rotatable bonds is 4. The maximum atomic E-state index is 9.47. The van der Waals surface area contributed by atoms with Crippen LogP contribution >= 0.6 is 11.6 Å². The van der Waals surface area contributed by atoms with Crippen LogP contribution < -0.4 is 15.5 Å². The summed E-state index contributed by atoms with van der Waals surface area (Å²) in [6.45, 7) is 2.19. The van der Waals surface area contributed by atoms with Crippen LogP contribution in [0.5, 0.6) is 0 Å². The highest BCUT2D eigenvalue weighted by molar-refractivity contribution is 6.30. The van der Waals surface area contributed by atoms with Crippen molar-refractivity contribution in [3.05, 3.63) is 52.0 Å². The highest BCUT2D eigenvalue weighted by atomic mass is 35.5. The quantitative estimate of drug-likeness (QED) is 0.874. The van der Waals surface area contributed by atoms with Crippen molar-refractivity contribution >= 4 is 29.6 Å². The summed E-state index contributed by atoms with van der Waals surface area (Å²) < 4.78 is 7.65. The number of aromatic nitrogens is 2. The maximum Gasteiger partial charge on any atom is 0.159 e. The van der Waals surface area contributed by atoms with Gasteiger partial charge in [-0.25, -0.2) is 4.68 Å². The Morgan fingerprint density at radius 2 is 2.07 bits per heavy atom. The van der Waals surface area contributed by atoms with Crippen molar-refractivity contribution < 1.29 is 9.84 Å². The van der Waals surface area contributed by atoms with Gasteiger partial charge in [-0.15, -0.1) is 5.10 Å². The summed E-state index contributed by atoms with van der Waals surface area (Å²) in [5.41, 5.74) is 0.989. The molecule has 142 valence electrons. The first kappa shape index (κ1) is 18.3. The third kappa shape index (κ3) is 3.81. The van der Waals surface area contributed by atoms with Gasteiger partial charge in [-0.2, -0.15) is 0 Å². The van der Waals surface area contributed by atoms with Crippen LogP contribution in [0.25, 0.3) is 17.8 Å². The first-order chi connectivity index (χ1) is 13.3. The Labute approximate surface area is 163 Å². The van der Waals surface area contributed by atoms with E-state index in [4.69, 9.17) is 21.4 Å². The predicted octanol–water partition coefficient (Wildman–Crippen LogP) is 2.02. The van der Waals surface area contributed by atoms with Gasteiger partial charge in [0.15, 0.2) is 5.82 Å². The summed E-state index contributed by atoms with van der Waals surface area (Å²) >= 11 is 6.07. The first-order valence-electron chi connectivity index (χ1n) is 9.45. The minimum atomic E-state index is 0.129. The molecule has 1 fully saturated rings. The van der Waals surface area contributed by atoms with Crippen LogP contribution in [-0.2, 0) is 4.74 Å². The van der Waals surface area contributed by atoms with Crippen molar-refractivity contribution in [3.63, 3.8) is 0 Å². The molecule has 2 heterocycles. The number of hydrogen-bond acceptors (Lipinski definition) is 4. The molecule has 1 aromatic heterocycles. The lowest BCUT2D eigenvalue weighted by molar-refractivity contribution is 0.0844. The third-order valence-electron chi connectivity index (χ3n) is 5.04. The van der Waals surface area contributed by atoms with Crippen molar-refractivity contribution in [1.29, 1.82) is 0 Å². The minimum absolute atomic E-state index is 0.129. The van der Waals surface area contributed by atoms with Crippen LogP contribution in [0.2, 0.25) is 5.02 Å². The molecule has 1 aliphatic carbocycles. The fourth-order valence-corrected chi connectivity index (χ4v) is 3.80. The molecule has 1 aliphatic heterocycles. The number of morpholine rings is 1. The lowest BCUT2D eigenvalue weighted by Gasteiger charge is -2.35. The summed E-state index contributed by atoms with van der Waals surface area (Å²) in [7, 11) is 0. The lowest BCUT2D eigenvalue weighted by atomic mass is 10.1. The molecule has 1 aromatic carbocycles.